The number of amides is 1. The van der Waals surface area contributed by atoms with Gasteiger partial charge in [0, 0.05) is 26.8 Å². The predicted molar refractivity (Wildman–Crippen MR) is 106 cm³/mol. The fourth-order valence-corrected chi connectivity index (χ4v) is 4.06. The summed E-state index contributed by atoms with van der Waals surface area (Å²) >= 11 is 0. The molecule has 0 aliphatic heterocycles. The molecule has 1 amide bonds. The normalized spacial score (nSPS) is 29.0. The molecule has 27 heavy (non-hydrogen) atoms. The van der Waals surface area contributed by atoms with Gasteiger partial charge in [0.15, 0.2) is 0 Å². The van der Waals surface area contributed by atoms with Crippen LogP contribution in [0.5, 0.6) is 0 Å². The van der Waals surface area contributed by atoms with Crippen LogP contribution in [0.2, 0.25) is 0 Å². The fourth-order valence-electron chi connectivity index (χ4n) is 4.06. The number of ether oxygens (including phenoxy) is 1. The molecule has 1 heterocycles. The van der Waals surface area contributed by atoms with Gasteiger partial charge >= 0.3 is 0 Å². The first-order valence-electron chi connectivity index (χ1n) is 9.96. The Morgan fingerprint density at radius 2 is 1.96 bits per heavy atom. The van der Waals surface area contributed by atoms with Crippen molar-refractivity contribution in [3.8, 4) is 0 Å². The van der Waals surface area contributed by atoms with Crippen LogP contribution in [0.4, 0.5) is 11.8 Å². The Morgan fingerprint density at radius 1 is 1.19 bits per heavy atom. The Bertz CT molecular complexity index is 648. The van der Waals surface area contributed by atoms with Crippen LogP contribution in [0.3, 0.4) is 0 Å². The second kappa shape index (κ2) is 9.32. The molecule has 0 radical (unpaired) electrons. The van der Waals surface area contributed by atoms with Crippen LogP contribution in [0, 0.1) is 0 Å². The SMILES string of the molecule is CO[C@@H]1CCC[C@H](Nc2ncc(C(N)=O)c(N[C@@H]3CCC[C@H](O)C3)n2)CC1.[HH]. The number of anilines is 2. The smallest absolute Gasteiger partial charge is 0.254 e. The average Bonchev–Trinajstić information content (AvgIpc) is 2.87. The number of hydrogen-bond donors (Lipinski definition) is 4. The lowest BCUT2D eigenvalue weighted by atomic mass is 9.93. The Morgan fingerprint density at radius 3 is 2.70 bits per heavy atom. The maximum absolute atomic E-state index is 11.8. The summed E-state index contributed by atoms with van der Waals surface area (Å²) in [7, 11) is 1.77. The highest BCUT2D eigenvalue weighted by molar-refractivity contribution is 5.97. The molecule has 3 rings (SSSR count). The molecule has 1 aromatic rings. The highest BCUT2D eigenvalue weighted by atomic mass is 16.5. The summed E-state index contributed by atoms with van der Waals surface area (Å²) in [5.74, 6) is 0.389. The van der Waals surface area contributed by atoms with Gasteiger partial charge in [-0.2, -0.15) is 4.98 Å². The third-order valence-corrected chi connectivity index (χ3v) is 5.62. The Labute approximate surface area is 161 Å². The Balaban J connectivity index is 0.00000280. The molecule has 0 spiro atoms. The van der Waals surface area contributed by atoms with Gasteiger partial charge in [0.1, 0.15) is 5.82 Å². The van der Waals surface area contributed by atoms with Gasteiger partial charge < -0.3 is 26.2 Å². The van der Waals surface area contributed by atoms with Crippen LogP contribution in [0.25, 0.3) is 0 Å². The number of nitrogens with one attached hydrogen (secondary N) is 2. The third kappa shape index (κ3) is 5.52. The van der Waals surface area contributed by atoms with Crippen molar-refractivity contribution in [1.82, 2.24) is 9.97 Å². The van der Waals surface area contributed by atoms with Crippen molar-refractivity contribution < 1.29 is 16.1 Å². The predicted octanol–water partition coefficient (Wildman–Crippen LogP) is 2.30. The van der Waals surface area contributed by atoms with Crippen LogP contribution in [0.15, 0.2) is 6.20 Å². The van der Waals surface area contributed by atoms with Crippen molar-refractivity contribution in [3.63, 3.8) is 0 Å². The minimum absolute atomic E-state index is 0. The zero-order chi connectivity index (χ0) is 19.2. The topological polar surface area (TPSA) is 122 Å². The van der Waals surface area contributed by atoms with Crippen LogP contribution >= 0.6 is 0 Å². The summed E-state index contributed by atoms with van der Waals surface area (Å²) in [5, 5.41) is 16.6. The van der Waals surface area contributed by atoms with Crippen LogP contribution < -0.4 is 16.4 Å². The van der Waals surface area contributed by atoms with Gasteiger partial charge in [-0.25, -0.2) is 4.98 Å². The molecule has 0 bridgehead atoms. The van der Waals surface area contributed by atoms with E-state index in [0.717, 1.165) is 51.4 Å². The van der Waals surface area contributed by atoms with Gasteiger partial charge in [-0.05, 0) is 57.8 Å². The second-order valence-corrected chi connectivity index (χ2v) is 7.69. The van der Waals surface area contributed by atoms with E-state index < -0.39 is 5.91 Å². The number of hydrogen-bond acceptors (Lipinski definition) is 7. The van der Waals surface area contributed by atoms with Gasteiger partial charge in [0.25, 0.3) is 5.91 Å². The van der Waals surface area contributed by atoms with Crippen molar-refractivity contribution in [2.45, 2.75) is 82.1 Å². The number of aromatic nitrogens is 2. The summed E-state index contributed by atoms with van der Waals surface area (Å²) in [5.41, 5.74) is 5.77. The first kappa shape index (κ1) is 19.8. The average molecular weight is 380 g/mol. The number of primary amides is 1. The lowest BCUT2D eigenvalue weighted by molar-refractivity contribution is 0.0898. The summed E-state index contributed by atoms with van der Waals surface area (Å²) in [4.78, 5) is 20.6. The lowest BCUT2D eigenvalue weighted by Gasteiger charge is -2.27. The third-order valence-electron chi connectivity index (χ3n) is 5.62. The van der Waals surface area contributed by atoms with Gasteiger partial charge in [0.05, 0.1) is 17.8 Å². The highest BCUT2D eigenvalue weighted by Crippen LogP contribution is 2.25. The molecule has 0 aromatic carbocycles. The largest absolute Gasteiger partial charge is 0.393 e. The summed E-state index contributed by atoms with van der Waals surface area (Å²) in [6, 6.07) is 0.365. The number of nitrogens with zero attached hydrogens (tertiary/aromatic N) is 2. The van der Waals surface area contributed by atoms with E-state index >= 15 is 0 Å². The number of carbonyl (C=O) groups excluding carboxylic acids is 1. The number of aliphatic hydroxyl groups is 1. The number of aliphatic hydroxyl groups excluding tert-OH is 1. The standard InChI is InChI=1S/C19H31N5O3.H2/c1-27-15-7-3-4-12(8-9-15)23-19-21-11-16(17(20)26)18(24-19)22-13-5-2-6-14(25)10-13;/h11-15,25H,2-10H2,1H3,(H2,20,26)(H2,21,22,23,24);1H/t12-,13+,14-,15+;/m0./s1. The molecule has 5 N–H and O–H groups in total. The van der Waals surface area contributed by atoms with Gasteiger partial charge in [-0.3, -0.25) is 4.79 Å². The van der Waals surface area contributed by atoms with E-state index in [2.05, 4.69) is 20.6 Å². The summed E-state index contributed by atoms with van der Waals surface area (Å²) < 4.78 is 5.48. The van der Waals surface area contributed by atoms with Gasteiger partial charge in [-0.15, -0.1) is 0 Å². The Hall–Kier alpha value is -1.93. The van der Waals surface area contributed by atoms with Gasteiger partial charge in [0.2, 0.25) is 5.95 Å². The molecule has 152 valence electrons. The maximum Gasteiger partial charge on any atom is 0.254 e. The highest BCUT2D eigenvalue weighted by Gasteiger charge is 2.23. The molecular formula is C19H33N5O3. The van der Waals surface area contributed by atoms with Crippen molar-refractivity contribution in [1.29, 1.82) is 0 Å². The minimum Gasteiger partial charge on any atom is -0.393 e. The van der Waals surface area contributed by atoms with Crippen molar-refractivity contribution in [3.05, 3.63) is 11.8 Å². The van der Waals surface area contributed by atoms with E-state index in [1.165, 1.54) is 6.20 Å². The maximum atomic E-state index is 11.8. The number of nitrogens with two attached hydrogens (primary N) is 1. The van der Waals surface area contributed by atoms with E-state index in [1.807, 2.05) is 0 Å². The van der Waals surface area contributed by atoms with E-state index in [9.17, 15) is 9.90 Å². The van der Waals surface area contributed by atoms with Crippen molar-refractivity contribution in [2.75, 3.05) is 17.7 Å². The monoisotopic (exact) mass is 379 g/mol. The quantitative estimate of drug-likeness (QED) is 0.559. The minimum atomic E-state index is -0.558. The van der Waals surface area contributed by atoms with Crippen LogP contribution in [0.1, 0.15) is 69.6 Å². The van der Waals surface area contributed by atoms with Gasteiger partial charge in [-0.1, -0.05) is 0 Å². The first-order valence-corrected chi connectivity index (χ1v) is 9.96. The fraction of sp³-hybridized carbons (Fsp3) is 0.737. The van der Waals surface area contributed by atoms with Crippen LogP contribution in [-0.2, 0) is 4.74 Å². The molecule has 2 aliphatic carbocycles. The second-order valence-electron chi connectivity index (χ2n) is 7.69. The van der Waals surface area contributed by atoms with Crippen molar-refractivity contribution >= 4 is 17.7 Å². The number of rotatable bonds is 6. The molecule has 8 heteroatoms. The lowest BCUT2D eigenvalue weighted by Crippen LogP contribution is -2.31. The van der Waals surface area contributed by atoms with Crippen LogP contribution in [-0.4, -0.2) is 52.4 Å². The first-order chi connectivity index (χ1) is 13.0. The zero-order valence-electron chi connectivity index (χ0n) is 16.0. The number of carbonyl (C=O) groups is 1. The molecule has 8 nitrogen and oxygen atoms in total. The molecular weight excluding hydrogens is 346 g/mol. The van der Waals surface area contributed by atoms with E-state index in [0.29, 0.717) is 24.3 Å². The molecule has 2 saturated carbocycles. The molecule has 2 fully saturated rings. The molecule has 0 saturated heterocycles. The van der Waals surface area contributed by atoms with E-state index in [1.54, 1.807) is 7.11 Å². The molecule has 4 atom stereocenters. The summed E-state index contributed by atoms with van der Waals surface area (Å²) in [6.45, 7) is 0. The number of methoxy groups -OCH3 is 1. The molecule has 2 aliphatic rings. The van der Waals surface area contributed by atoms with E-state index in [4.69, 9.17) is 10.5 Å². The Kier molecular flexibility index (Phi) is 6.84. The van der Waals surface area contributed by atoms with Crippen molar-refractivity contribution in [2.24, 2.45) is 5.73 Å². The molecule has 0 unspecified atom stereocenters. The molecule has 1 aromatic heterocycles. The summed E-state index contributed by atoms with van der Waals surface area (Å²) in [6.07, 6.45) is 10.1. The zero-order valence-corrected chi connectivity index (χ0v) is 16.0. The van der Waals surface area contributed by atoms with E-state index in [-0.39, 0.29) is 25.2 Å².